The molecule has 3 N–H and O–H groups in total. The van der Waals surface area contributed by atoms with Gasteiger partial charge in [-0.2, -0.15) is 0 Å². The van der Waals surface area contributed by atoms with Crippen LogP contribution in [0.5, 0.6) is 0 Å². The molecule has 0 aromatic carbocycles. The number of fused-ring (bicyclic) bond motifs is 1. The Morgan fingerprint density at radius 1 is 1.47 bits per heavy atom. The van der Waals surface area contributed by atoms with E-state index in [4.69, 9.17) is 17.3 Å². The number of aromatic nitrogens is 2. The fraction of sp³-hybridized carbons (Fsp3) is 0.300. The molecule has 0 atom stereocenters. The first-order valence-electron chi connectivity index (χ1n) is 4.89. The summed E-state index contributed by atoms with van der Waals surface area (Å²) < 4.78 is 1.99. The molecule has 1 aliphatic heterocycles. The highest BCUT2D eigenvalue weighted by Gasteiger charge is 2.24. The van der Waals surface area contributed by atoms with Crippen LogP contribution in [0, 0.1) is 0 Å². The zero-order valence-electron chi connectivity index (χ0n) is 8.07. The van der Waals surface area contributed by atoms with E-state index in [-0.39, 0.29) is 0 Å². The maximum Gasteiger partial charge on any atom is 0.155 e. The third-order valence-electron chi connectivity index (χ3n) is 2.79. The summed E-state index contributed by atoms with van der Waals surface area (Å²) in [5, 5.41) is 3.77. The molecule has 0 saturated carbocycles. The molecule has 0 amide bonds. The largest absolute Gasteiger partial charge is 0.398 e. The number of hydrogen-bond acceptors (Lipinski definition) is 3. The second kappa shape index (κ2) is 3.12. The fourth-order valence-electron chi connectivity index (χ4n) is 1.85. The second-order valence-corrected chi connectivity index (χ2v) is 4.19. The van der Waals surface area contributed by atoms with Gasteiger partial charge in [-0.15, -0.1) is 0 Å². The molecular formula is C10H11ClN4. The standard InChI is InChI=1S/C10H11ClN4/c11-9-8-2-1-7(12)5-15(8)10(14-9)6-3-13-4-6/h1-2,5-6,13H,3-4,12H2. The lowest BCUT2D eigenvalue weighted by Gasteiger charge is -2.25. The Hall–Kier alpha value is -1.26. The number of nitrogens with two attached hydrogens (primary N) is 1. The van der Waals surface area contributed by atoms with Crippen molar-refractivity contribution in [3.8, 4) is 0 Å². The molecule has 15 heavy (non-hydrogen) atoms. The molecule has 1 fully saturated rings. The first-order valence-corrected chi connectivity index (χ1v) is 5.27. The van der Waals surface area contributed by atoms with Crippen LogP contribution in [-0.4, -0.2) is 22.5 Å². The lowest BCUT2D eigenvalue weighted by Crippen LogP contribution is -2.40. The number of halogens is 1. The molecule has 3 heterocycles. The van der Waals surface area contributed by atoms with Gasteiger partial charge < -0.3 is 11.1 Å². The molecule has 0 spiro atoms. The zero-order valence-corrected chi connectivity index (χ0v) is 8.83. The summed E-state index contributed by atoms with van der Waals surface area (Å²) in [4.78, 5) is 4.39. The minimum Gasteiger partial charge on any atom is -0.398 e. The number of nitrogen functional groups attached to an aromatic ring is 1. The van der Waals surface area contributed by atoms with Crippen molar-refractivity contribution in [3.63, 3.8) is 0 Å². The van der Waals surface area contributed by atoms with Crippen molar-refractivity contribution in [2.24, 2.45) is 0 Å². The monoisotopic (exact) mass is 222 g/mol. The van der Waals surface area contributed by atoms with Gasteiger partial charge in [0.1, 0.15) is 5.82 Å². The van der Waals surface area contributed by atoms with E-state index in [0.717, 1.165) is 30.1 Å². The molecule has 0 radical (unpaired) electrons. The van der Waals surface area contributed by atoms with Gasteiger partial charge in [-0.05, 0) is 12.1 Å². The van der Waals surface area contributed by atoms with E-state index in [9.17, 15) is 0 Å². The van der Waals surface area contributed by atoms with Crippen LogP contribution in [-0.2, 0) is 0 Å². The average molecular weight is 223 g/mol. The molecule has 2 aromatic heterocycles. The van der Waals surface area contributed by atoms with Crippen LogP contribution in [0.15, 0.2) is 18.3 Å². The molecule has 1 aliphatic rings. The van der Waals surface area contributed by atoms with Crippen molar-refractivity contribution < 1.29 is 0 Å². The molecule has 0 bridgehead atoms. The van der Waals surface area contributed by atoms with E-state index in [2.05, 4.69) is 10.3 Å². The summed E-state index contributed by atoms with van der Waals surface area (Å²) >= 11 is 6.06. The van der Waals surface area contributed by atoms with Crippen LogP contribution < -0.4 is 11.1 Å². The van der Waals surface area contributed by atoms with Gasteiger partial charge in [0, 0.05) is 30.9 Å². The Kier molecular flexibility index (Phi) is 1.87. The molecule has 5 heteroatoms. The van der Waals surface area contributed by atoms with E-state index >= 15 is 0 Å². The maximum atomic E-state index is 6.06. The number of nitrogens with zero attached hydrogens (tertiary/aromatic N) is 2. The number of nitrogens with one attached hydrogen (secondary N) is 1. The van der Waals surface area contributed by atoms with E-state index in [1.54, 1.807) is 0 Å². The highest BCUT2D eigenvalue weighted by molar-refractivity contribution is 6.32. The van der Waals surface area contributed by atoms with Crippen LogP contribution in [0.4, 0.5) is 5.69 Å². The fourth-order valence-corrected chi connectivity index (χ4v) is 2.09. The molecule has 4 nitrogen and oxygen atoms in total. The minimum absolute atomic E-state index is 0.451. The van der Waals surface area contributed by atoms with Crippen LogP contribution in [0.3, 0.4) is 0 Å². The van der Waals surface area contributed by atoms with E-state index in [1.165, 1.54) is 0 Å². The normalized spacial score (nSPS) is 16.9. The van der Waals surface area contributed by atoms with Gasteiger partial charge >= 0.3 is 0 Å². The summed E-state index contributed by atoms with van der Waals surface area (Å²) in [6.07, 6.45) is 1.88. The molecule has 2 aromatic rings. The smallest absolute Gasteiger partial charge is 0.155 e. The first-order chi connectivity index (χ1) is 7.25. The number of rotatable bonds is 1. The Morgan fingerprint density at radius 2 is 2.27 bits per heavy atom. The van der Waals surface area contributed by atoms with Gasteiger partial charge in [0.15, 0.2) is 5.15 Å². The molecular weight excluding hydrogens is 212 g/mol. The maximum absolute atomic E-state index is 6.06. The number of imidazole rings is 1. The minimum atomic E-state index is 0.451. The van der Waals surface area contributed by atoms with Gasteiger partial charge in [0.25, 0.3) is 0 Å². The highest BCUT2D eigenvalue weighted by Crippen LogP contribution is 2.26. The van der Waals surface area contributed by atoms with Gasteiger partial charge in [-0.3, -0.25) is 4.40 Å². The SMILES string of the molecule is Nc1ccc2c(Cl)nc(C3CNC3)n2c1. The van der Waals surface area contributed by atoms with Crippen molar-refractivity contribution in [3.05, 3.63) is 29.3 Å². The molecule has 0 aliphatic carbocycles. The number of pyridine rings is 1. The summed E-state index contributed by atoms with van der Waals surface area (Å²) in [6, 6.07) is 3.74. The zero-order chi connectivity index (χ0) is 10.4. The van der Waals surface area contributed by atoms with Crippen molar-refractivity contribution in [1.82, 2.24) is 14.7 Å². The predicted molar refractivity (Wildman–Crippen MR) is 60.2 cm³/mol. The quantitative estimate of drug-likeness (QED) is 0.764. The van der Waals surface area contributed by atoms with Gasteiger partial charge in [0.05, 0.1) is 5.52 Å². The Labute approximate surface area is 92.1 Å². The topological polar surface area (TPSA) is 55.3 Å². The van der Waals surface area contributed by atoms with Crippen molar-refractivity contribution in [2.45, 2.75) is 5.92 Å². The van der Waals surface area contributed by atoms with Crippen LogP contribution in [0.1, 0.15) is 11.7 Å². The number of anilines is 1. The van der Waals surface area contributed by atoms with E-state index < -0.39 is 0 Å². The lowest BCUT2D eigenvalue weighted by molar-refractivity contribution is 0.429. The molecule has 1 saturated heterocycles. The van der Waals surface area contributed by atoms with Crippen molar-refractivity contribution in [1.29, 1.82) is 0 Å². The Morgan fingerprint density at radius 3 is 2.93 bits per heavy atom. The van der Waals surface area contributed by atoms with Crippen LogP contribution in [0.2, 0.25) is 5.15 Å². The molecule has 3 rings (SSSR count). The molecule has 78 valence electrons. The van der Waals surface area contributed by atoms with Gasteiger partial charge in [0.2, 0.25) is 0 Å². The van der Waals surface area contributed by atoms with Crippen molar-refractivity contribution >= 4 is 22.8 Å². The van der Waals surface area contributed by atoms with Gasteiger partial charge in [-0.25, -0.2) is 4.98 Å². The lowest BCUT2D eigenvalue weighted by atomic mass is 10.0. The Bertz CT molecular complexity index is 515. The first kappa shape index (κ1) is 9.00. The highest BCUT2D eigenvalue weighted by atomic mass is 35.5. The van der Waals surface area contributed by atoms with Crippen molar-refractivity contribution in [2.75, 3.05) is 18.8 Å². The second-order valence-electron chi connectivity index (χ2n) is 3.83. The Balaban J connectivity index is 2.24. The molecule has 0 unspecified atom stereocenters. The summed E-state index contributed by atoms with van der Waals surface area (Å²) in [5.74, 6) is 1.45. The van der Waals surface area contributed by atoms with E-state index in [0.29, 0.717) is 11.1 Å². The summed E-state index contributed by atoms with van der Waals surface area (Å²) in [7, 11) is 0. The average Bonchev–Trinajstić information content (AvgIpc) is 2.41. The van der Waals surface area contributed by atoms with Crippen LogP contribution >= 0.6 is 11.6 Å². The predicted octanol–water partition coefficient (Wildman–Crippen LogP) is 1.26. The van der Waals surface area contributed by atoms with E-state index in [1.807, 2.05) is 22.7 Å². The third kappa shape index (κ3) is 1.29. The summed E-state index contributed by atoms with van der Waals surface area (Å²) in [6.45, 7) is 1.93. The third-order valence-corrected chi connectivity index (χ3v) is 3.07. The van der Waals surface area contributed by atoms with Crippen LogP contribution in [0.25, 0.3) is 5.52 Å². The van der Waals surface area contributed by atoms with Gasteiger partial charge in [-0.1, -0.05) is 11.6 Å². The summed E-state index contributed by atoms with van der Waals surface area (Å²) in [5.41, 5.74) is 7.41. The number of hydrogen-bond donors (Lipinski definition) is 2.